The van der Waals surface area contributed by atoms with Crippen LogP contribution < -0.4 is 10.6 Å². The second-order valence-corrected chi connectivity index (χ2v) is 5.45. The summed E-state index contributed by atoms with van der Waals surface area (Å²) in [6.45, 7) is 0.321. The van der Waals surface area contributed by atoms with Crippen LogP contribution in [-0.2, 0) is 22.6 Å². The average molecular weight is 339 g/mol. The molecule has 0 aromatic heterocycles. The summed E-state index contributed by atoms with van der Waals surface area (Å²) >= 11 is 0. The Balaban J connectivity index is 1.80. The number of carbonyl (C=O) groups is 2. The number of halogens is 1. The van der Waals surface area contributed by atoms with Gasteiger partial charge < -0.3 is 10.6 Å². The number of anilines is 1. The minimum atomic E-state index is -0.326. The SMILES string of the molecule is N#CCC(=O)NCc1ccc(NC(=O)CCc2ccccc2F)cc1. The van der Waals surface area contributed by atoms with Crippen LogP contribution in [0.5, 0.6) is 0 Å². The number of hydrogen-bond acceptors (Lipinski definition) is 3. The van der Waals surface area contributed by atoms with E-state index in [0.717, 1.165) is 5.56 Å². The summed E-state index contributed by atoms with van der Waals surface area (Å²) in [7, 11) is 0. The van der Waals surface area contributed by atoms with Crippen LogP contribution in [0.4, 0.5) is 10.1 Å². The first-order valence-corrected chi connectivity index (χ1v) is 7.84. The molecule has 5 nitrogen and oxygen atoms in total. The highest BCUT2D eigenvalue weighted by molar-refractivity contribution is 5.90. The zero-order valence-corrected chi connectivity index (χ0v) is 13.6. The van der Waals surface area contributed by atoms with E-state index in [1.165, 1.54) is 6.07 Å². The molecule has 2 aromatic carbocycles. The number of nitrogens with one attached hydrogen (secondary N) is 2. The summed E-state index contributed by atoms with van der Waals surface area (Å²) in [6.07, 6.45) is 0.352. The largest absolute Gasteiger partial charge is 0.351 e. The van der Waals surface area contributed by atoms with E-state index in [0.29, 0.717) is 24.2 Å². The lowest BCUT2D eigenvalue weighted by molar-refractivity contribution is -0.120. The van der Waals surface area contributed by atoms with Crippen molar-refractivity contribution in [3.05, 3.63) is 65.5 Å². The second kappa shape index (κ2) is 9.18. The standard InChI is InChI=1S/C19H18FN3O2/c20-17-4-2-1-3-15(17)7-10-19(25)23-16-8-5-14(6-9-16)13-22-18(24)11-12-21/h1-6,8-9H,7,10-11,13H2,(H,22,24)(H,23,25). The van der Waals surface area contributed by atoms with Gasteiger partial charge in [0.05, 0.1) is 6.07 Å². The maximum absolute atomic E-state index is 13.5. The Kier molecular flexibility index (Phi) is 6.66. The lowest BCUT2D eigenvalue weighted by atomic mass is 10.1. The number of benzene rings is 2. The molecule has 0 spiro atoms. The predicted octanol–water partition coefficient (Wildman–Crippen LogP) is 2.93. The highest BCUT2D eigenvalue weighted by Crippen LogP contribution is 2.12. The third-order valence-corrected chi connectivity index (χ3v) is 3.55. The van der Waals surface area contributed by atoms with Gasteiger partial charge in [-0.25, -0.2) is 4.39 Å². The van der Waals surface area contributed by atoms with Crippen LogP contribution in [0.25, 0.3) is 0 Å². The van der Waals surface area contributed by atoms with Gasteiger partial charge in [0, 0.05) is 18.7 Å². The molecule has 0 fully saturated rings. The average Bonchev–Trinajstić information content (AvgIpc) is 2.61. The lowest BCUT2D eigenvalue weighted by Gasteiger charge is -2.08. The number of amides is 2. The molecule has 2 aromatic rings. The number of nitrogens with zero attached hydrogens (tertiary/aromatic N) is 1. The van der Waals surface area contributed by atoms with Gasteiger partial charge in [-0.3, -0.25) is 9.59 Å². The first-order valence-electron chi connectivity index (χ1n) is 7.84. The fraction of sp³-hybridized carbons (Fsp3) is 0.211. The molecule has 0 atom stereocenters. The van der Waals surface area contributed by atoms with Gasteiger partial charge >= 0.3 is 0 Å². The molecule has 128 valence electrons. The van der Waals surface area contributed by atoms with Gasteiger partial charge in [0.15, 0.2) is 0 Å². The van der Waals surface area contributed by atoms with E-state index in [9.17, 15) is 14.0 Å². The molecule has 2 rings (SSSR count). The van der Waals surface area contributed by atoms with Crippen molar-refractivity contribution in [2.75, 3.05) is 5.32 Å². The van der Waals surface area contributed by atoms with Crippen LogP contribution >= 0.6 is 0 Å². The van der Waals surface area contributed by atoms with Crippen molar-refractivity contribution in [3.8, 4) is 6.07 Å². The molecule has 2 N–H and O–H groups in total. The van der Waals surface area contributed by atoms with Crippen molar-refractivity contribution in [2.24, 2.45) is 0 Å². The highest BCUT2D eigenvalue weighted by Gasteiger charge is 2.06. The molecular formula is C19H18FN3O2. The van der Waals surface area contributed by atoms with Gasteiger partial charge in [0.25, 0.3) is 0 Å². The molecule has 2 amide bonds. The quantitative estimate of drug-likeness (QED) is 0.814. The molecule has 0 aliphatic carbocycles. The number of nitriles is 1. The van der Waals surface area contributed by atoms with Crippen molar-refractivity contribution >= 4 is 17.5 Å². The van der Waals surface area contributed by atoms with E-state index >= 15 is 0 Å². The van der Waals surface area contributed by atoms with Gasteiger partial charge in [-0.15, -0.1) is 0 Å². The van der Waals surface area contributed by atoms with Gasteiger partial charge in [0.1, 0.15) is 12.2 Å². The first kappa shape index (κ1) is 18.1. The monoisotopic (exact) mass is 339 g/mol. The summed E-state index contributed by atoms with van der Waals surface area (Å²) < 4.78 is 13.5. The molecule has 0 heterocycles. The Labute approximate surface area is 145 Å². The maximum Gasteiger partial charge on any atom is 0.234 e. The lowest BCUT2D eigenvalue weighted by Crippen LogP contribution is -2.21. The van der Waals surface area contributed by atoms with Crippen molar-refractivity contribution in [1.82, 2.24) is 5.32 Å². The smallest absolute Gasteiger partial charge is 0.234 e. The van der Waals surface area contributed by atoms with Crippen LogP contribution in [0, 0.1) is 17.1 Å². The van der Waals surface area contributed by atoms with Gasteiger partial charge in [0.2, 0.25) is 11.8 Å². The third kappa shape index (κ3) is 6.07. The molecule has 0 saturated carbocycles. The Morgan fingerprint density at radius 3 is 2.44 bits per heavy atom. The molecule has 25 heavy (non-hydrogen) atoms. The van der Waals surface area contributed by atoms with Crippen LogP contribution in [0.2, 0.25) is 0 Å². The van der Waals surface area contributed by atoms with Crippen molar-refractivity contribution in [3.63, 3.8) is 0 Å². The minimum Gasteiger partial charge on any atom is -0.351 e. The summed E-state index contributed by atoms with van der Waals surface area (Å²) in [4.78, 5) is 23.2. The predicted molar refractivity (Wildman–Crippen MR) is 91.9 cm³/mol. The summed E-state index contributed by atoms with van der Waals surface area (Å²) in [5, 5.41) is 13.8. The first-order chi connectivity index (χ1) is 12.1. The van der Waals surface area contributed by atoms with Crippen molar-refractivity contribution in [2.45, 2.75) is 25.8 Å². The Hall–Kier alpha value is -3.20. The topological polar surface area (TPSA) is 82.0 Å². The zero-order chi connectivity index (χ0) is 18.1. The number of hydrogen-bond donors (Lipinski definition) is 2. The molecule has 0 aliphatic rings. The molecule has 0 saturated heterocycles. The van der Waals surface area contributed by atoms with E-state index < -0.39 is 0 Å². The molecule has 0 aliphatic heterocycles. The molecule has 0 radical (unpaired) electrons. The van der Waals surface area contributed by atoms with Crippen LogP contribution in [-0.4, -0.2) is 11.8 Å². The zero-order valence-electron chi connectivity index (χ0n) is 13.6. The molecular weight excluding hydrogens is 321 g/mol. The fourth-order valence-electron chi connectivity index (χ4n) is 2.21. The summed E-state index contributed by atoms with van der Waals surface area (Å²) in [5.41, 5.74) is 2.00. The van der Waals surface area contributed by atoms with Crippen LogP contribution in [0.1, 0.15) is 24.0 Å². The minimum absolute atomic E-state index is 0.170. The summed E-state index contributed by atoms with van der Waals surface area (Å²) in [5.74, 6) is -0.829. The Bertz CT molecular complexity index is 782. The van der Waals surface area contributed by atoms with Crippen molar-refractivity contribution < 1.29 is 14.0 Å². The Morgan fingerprint density at radius 1 is 1.04 bits per heavy atom. The van der Waals surface area contributed by atoms with Gasteiger partial charge in [-0.05, 0) is 35.7 Å². The van der Waals surface area contributed by atoms with E-state index in [4.69, 9.17) is 5.26 Å². The fourth-order valence-corrected chi connectivity index (χ4v) is 2.21. The number of aryl methyl sites for hydroxylation is 1. The van der Waals surface area contributed by atoms with E-state index in [1.54, 1.807) is 48.5 Å². The van der Waals surface area contributed by atoms with Crippen molar-refractivity contribution in [1.29, 1.82) is 5.26 Å². The maximum atomic E-state index is 13.5. The normalized spacial score (nSPS) is 9.92. The van der Waals surface area contributed by atoms with E-state index in [2.05, 4.69) is 10.6 Å². The van der Waals surface area contributed by atoms with E-state index in [1.807, 2.05) is 0 Å². The Morgan fingerprint density at radius 2 is 1.76 bits per heavy atom. The summed E-state index contributed by atoms with van der Waals surface area (Å²) in [6, 6.07) is 15.2. The van der Waals surface area contributed by atoms with Gasteiger partial charge in [-0.1, -0.05) is 30.3 Å². The second-order valence-electron chi connectivity index (χ2n) is 5.45. The number of rotatable bonds is 7. The number of carbonyl (C=O) groups excluding carboxylic acids is 2. The van der Waals surface area contributed by atoms with Crippen LogP contribution in [0.15, 0.2) is 48.5 Å². The van der Waals surface area contributed by atoms with Crippen LogP contribution in [0.3, 0.4) is 0 Å². The highest BCUT2D eigenvalue weighted by atomic mass is 19.1. The molecule has 0 bridgehead atoms. The molecule has 6 heteroatoms. The van der Waals surface area contributed by atoms with E-state index in [-0.39, 0.29) is 30.5 Å². The van der Waals surface area contributed by atoms with Gasteiger partial charge in [-0.2, -0.15) is 5.26 Å². The third-order valence-electron chi connectivity index (χ3n) is 3.55. The molecule has 0 unspecified atom stereocenters.